The SMILES string of the molecule is CC(F)COc1ccc2c(N)c(-c3ccc(NS(=O)(=O)C4CCC4)cc3)n(C3CCC3)c2c1. The number of alkyl halides is 1. The number of ether oxygens (including phenoxy) is 1. The summed E-state index contributed by atoms with van der Waals surface area (Å²) >= 11 is 0. The van der Waals surface area contributed by atoms with Gasteiger partial charge < -0.3 is 15.0 Å². The fraction of sp³-hybridized carbons (Fsp3) is 0.440. The van der Waals surface area contributed by atoms with Gasteiger partial charge in [-0.1, -0.05) is 18.6 Å². The third kappa shape index (κ3) is 4.16. The predicted molar refractivity (Wildman–Crippen MR) is 131 cm³/mol. The van der Waals surface area contributed by atoms with E-state index >= 15 is 0 Å². The van der Waals surface area contributed by atoms with Crippen molar-refractivity contribution in [3.05, 3.63) is 42.5 Å². The van der Waals surface area contributed by atoms with Crippen LogP contribution in [0.5, 0.6) is 5.75 Å². The lowest BCUT2D eigenvalue weighted by Gasteiger charge is -2.30. The Labute approximate surface area is 194 Å². The molecule has 0 amide bonds. The average molecular weight is 472 g/mol. The number of hydrogen-bond donors (Lipinski definition) is 2. The number of benzene rings is 2. The summed E-state index contributed by atoms with van der Waals surface area (Å²) in [7, 11) is -3.34. The first-order valence-corrected chi connectivity index (χ1v) is 13.2. The zero-order valence-corrected chi connectivity index (χ0v) is 19.6. The van der Waals surface area contributed by atoms with Gasteiger partial charge in [-0.25, -0.2) is 12.8 Å². The first-order chi connectivity index (χ1) is 15.8. The second-order valence-corrected chi connectivity index (χ2v) is 11.2. The molecule has 1 aromatic heterocycles. The van der Waals surface area contributed by atoms with E-state index in [1.807, 2.05) is 30.3 Å². The summed E-state index contributed by atoms with van der Waals surface area (Å²) in [6.07, 6.45) is 4.68. The molecule has 2 aliphatic carbocycles. The Morgan fingerprint density at radius 2 is 1.82 bits per heavy atom. The molecule has 0 aliphatic heterocycles. The summed E-state index contributed by atoms with van der Waals surface area (Å²) in [5.74, 6) is 0.623. The normalized spacial score (nSPS) is 18.0. The van der Waals surface area contributed by atoms with Crippen molar-refractivity contribution in [2.24, 2.45) is 0 Å². The molecular formula is C25H30FN3O3S. The van der Waals surface area contributed by atoms with Crippen LogP contribution in [0.1, 0.15) is 51.5 Å². The van der Waals surface area contributed by atoms with E-state index in [9.17, 15) is 12.8 Å². The smallest absolute Gasteiger partial charge is 0.235 e. The molecule has 6 nitrogen and oxygen atoms in total. The lowest BCUT2D eigenvalue weighted by molar-refractivity contribution is 0.210. The zero-order chi connectivity index (χ0) is 23.2. The fourth-order valence-corrected chi connectivity index (χ4v) is 6.15. The van der Waals surface area contributed by atoms with Gasteiger partial charge in [0.2, 0.25) is 10.0 Å². The van der Waals surface area contributed by atoms with E-state index in [4.69, 9.17) is 10.5 Å². The Kier molecular flexibility index (Phi) is 5.72. The highest BCUT2D eigenvalue weighted by atomic mass is 32.2. The van der Waals surface area contributed by atoms with Gasteiger partial charge >= 0.3 is 0 Å². The molecule has 2 saturated carbocycles. The van der Waals surface area contributed by atoms with E-state index in [0.717, 1.165) is 54.3 Å². The van der Waals surface area contributed by atoms with E-state index in [0.29, 0.717) is 23.2 Å². The minimum absolute atomic E-state index is 0.0101. The topological polar surface area (TPSA) is 86.3 Å². The molecule has 2 aliphatic rings. The number of halogens is 1. The molecule has 3 aromatic rings. The first-order valence-electron chi connectivity index (χ1n) is 11.7. The summed E-state index contributed by atoms with van der Waals surface area (Å²) in [6, 6.07) is 13.5. The van der Waals surface area contributed by atoms with Gasteiger partial charge in [0.1, 0.15) is 18.5 Å². The molecule has 1 atom stereocenters. The molecule has 1 unspecified atom stereocenters. The van der Waals surface area contributed by atoms with Crippen LogP contribution in [0.25, 0.3) is 22.2 Å². The van der Waals surface area contributed by atoms with Crippen molar-refractivity contribution in [1.29, 1.82) is 0 Å². The molecule has 1 heterocycles. The maximum absolute atomic E-state index is 13.3. The van der Waals surface area contributed by atoms with E-state index < -0.39 is 16.2 Å². The van der Waals surface area contributed by atoms with Gasteiger partial charge in [0.05, 0.1) is 22.1 Å². The summed E-state index contributed by atoms with van der Waals surface area (Å²) < 4.78 is 48.8. The summed E-state index contributed by atoms with van der Waals surface area (Å²) in [4.78, 5) is 0. The molecule has 8 heteroatoms. The van der Waals surface area contributed by atoms with E-state index in [1.165, 1.54) is 13.3 Å². The third-order valence-electron chi connectivity index (χ3n) is 6.84. The number of aromatic nitrogens is 1. The van der Waals surface area contributed by atoms with E-state index in [1.54, 1.807) is 12.1 Å². The van der Waals surface area contributed by atoms with Crippen LogP contribution in [-0.2, 0) is 10.0 Å². The maximum Gasteiger partial charge on any atom is 0.235 e. The molecule has 5 rings (SSSR count). The maximum atomic E-state index is 13.3. The number of nitrogens with zero attached hydrogens (tertiary/aromatic N) is 1. The van der Waals surface area contributed by atoms with Crippen LogP contribution in [0.3, 0.4) is 0 Å². The molecule has 176 valence electrons. The Bertz CT molecular complexity index is 1260. The van der Waals surface area contributed by atoms with Crippen LogP contribution in [0.2, 0.25) is 0 Å². The fourth-order valence-electron chi connectivity index (χ4n) is 4.56. The predicted octanol–water partition coefficient (Wildman–Crippen LogP) is 5.65. The summed E-state index contributed by atoms with van der Waals surface area (Å²) in [5, 5.41) is 0.651. The molecule has 0 bridgehead atoms. The van der Waals surface area contributed by atoms with Crippen molar-refractivity contribution < 1.29 is 17.5 Å². The van der Waals surface area contributed by atoms with Gasteiger partial charge in [-0.2, -0.15) is 0 Å². The largest absolute Gasteiger partial charge is 0.490 e. The number of sulfonamides is 1. The number of nitrogens with two attached hydrogens (primary N) is 1. The molecule has 3 N–H and O–H groups in total. The van der Waals surface area contributed by atoms with Crippen molar-refractivity contribution >= 4 is 32.3 Å². The van der Waals surface area contributed by atoms with Gasteiger partial charge in [-0.15, -0.1) is 0 Å². The van der Waals surface area contributed by atoms with E-state index in [2.05, 4.69) is 9.29 Å². The van der Waals surface area contributed by atoms with Crippen LogP contribution < -0.4 is 15.2 Å². The monoisotopic (exact) mass is 471 g/mol. The lowest BCUT2D eigenvalue weighted by Crippen LogP contribution is -2.33. The highest BCUT2D eigenvalue weighted by molar-refractivity contribution is 7.93. The van der Waals surface area contributed by atoms with Crippen LogP contribution in [0.15, 0.2) is 42.5 Å². The highest BCUT2D eigenvalue weighted by Gasteiger charge is 2.31. The van der Waals surface area contributed by atoms with Crippen molar-refractivity contribution in [3.8, 4) is 17.0 Å². The molecule has 2 fully saturated rings. The molecule has 33 heavy (non-hydrogen) atoms. The molecule has 0 radical (unpaired) electrons. The number of rotatable bonds is 8. The molecular weight excluding hydrogens is 441 g/mol. The summed E-state index contributed by atoms with van der Waals surface area (Å²) in [6.45, 7) is 1.48. The number of hydrogen-bond acceptors (Lipinski definition) is 4. The van der Waals surface area contributed by atoms with Crippen LogP contribution in [0, 0.1) is 0 Å². The summed E-state index contributed by atoms with van der Waals surface area (Å²) in [5.41, 5.74) is 10.7. The minimum Gasteiger partial charge on any atom is -0.490 e. The van der Waals surface area contributed by atoms with Gasteiger partial charge in [0, 0.05) is 28.7 Å². The van der Waals surface area contributed by atoms with Crippen LogP contribution in [0.4, 0.5) is 15.8 Å². The first kappa shape index (κ1) is 22.1. The average Bonchev–Trinajstić information content (AvgIpc) is 2.96. The standard InChI is InChI=1S/C25H30FN3O3S/c1-16(26)15-32-20-12-13-22-23(14-20)29(19-4-2-5-19)25(24(22)27)17-8-10-18(11-9-17)28-33(30,31)21-6-3-7-21/h8-14,16,19,21,28H,2-7,15,27H2,1H3. The van der Waals surface area contributed by atoms with Crippen molar-refractivity contribution in [2.45, 2.75) is 62.9 Å². The second kappa shape index (κ2) is 8.56. The van der Waals surface area contributed by atoms with Crippen molar-refractivity contribution in [3.63, 3.8) is 0 Å². The molecule has 2 aromatic carbocycles. The Hall–Kier alpha value is -2.74. The van der Waals surface area contributed by atoms with Gasteiger partial charge in [-0.3, -0.25) is 4.72 Å². The van der Waals surface area contributed by atoms with Crippen LogP contribution >= 0.6 is 0 Å². The van der Waals surface area contributed by atoms with Gasteiger partial charge in [0.15, 0.2) is 0 Å². The number of nitrogen functional groups attached to an aromatic ring is 1. The second-order valence-electron chi connectivity index (χ2n) is 9.27. The van der Waals surface area contributed by atoms with Gasteiger partial charge in [0.25, 0.3) is 0 Å². The van der Waals surface area contributed by atoms with Gasteiger partial charge in [-0.05, 0) is 63.3 Å². The number of anilines is 2. The highest BCUT2D eigenvalue weighted by Crippen LogP contribution is 2.45. The van der Waals surface area contributed by atoms with Crippen molar-refractivity contribution in [2.75, 3.05) is 17.1 Å². The lowest BCUT2D eigenvalue weighted by atomic mass is 9.92. The van der Waals surface area contributed by atoms with E-state index in [-0.39, 0.29) is 11.9 Å². The molecule has 0 saturated heterocycles. The minimum atomic E-state index is -3.34. The van der Waals surface area contributed by atoms with Crippen molar-refractivity contribution in [1.82, 2.24) is 4.57 Å². The number of nitrogens with one attached hydrogen (secondary N) is 1. The Morgan fingerprint density at radius 3 is 2.39 bits per heavy atom. The zero-order valence-electron chi connectivity index (χ0n) is 18.8. The Morgan fingerprint density at radius 1 is 1.12 bits per heavy atom. The molecule has 0 spiro atoms. The Balaban J connectivity index is 1.51. The van der Waals surface area contributed by atoms with Crippen LogP contribution in [-0.4, -0.2) is 31.0 Å². The quantitative estimate of drug-likeness (QED) is 0.445. The third-order valence-corrected chi connectivity index (χ3v) is 8.71. The number of fused-ring (bicyclic) bond motifs is 1.